The second kappa shape index (κ2) is 6.74. The molecule has 2 N–H and O–H groups in total. The minimum atomic E-state index is 0.641. The van der Waals surface area contributed by atoms with Gasteiger partial charge in [-0.15, -0.1) is 10.2 Å². The van der Waals surface area contributed by atoms with Crippen LogP contribution in [0.15, 0.2) is 66.0 Å². The Morgan fingerprint density at radius 3 is 2.68 bits per heavy atom. The first-order valence-electron chi connectivity index (χ1n) is 7.65. The number of benzene rings is 2. The van der Waals surface area contributed by atoms with Gasteiger partial charge < -0.3 is 5.84 Å². The van der Waals surface area contributed by atoms with Gasteiger partial charge in [0.2, 0.25) is 5.16 Å². The van der Waals surface area contributed by atoms with Crippen molar-refractivity contribution in [2.75, 3.05) is 5.84 Å². The zero-order valence-electron chi connectivity index (χ0n) is 13.1. The molecule has 0 aliphatic heterocycles. The molecule has 0 radical (unpaired) electrons. The number of aromatic nitrogens is 4. The quantitative estimate of drug-likeness (QED) is 0.433. The maximum absolute atomic E-state index is 6.25. The van der Waals surface area contributed by atoms with Crippen molar-refractivity contribution >= 4 is 34.3 Å². The van der Waals surface area contributed by atoms with E-state index in [-0.39, 0.29) is 0 Å². The van der Waals surface area contributed by atoms with Gasteiger partial charge in [-0.1, -0.05) is 59.8 Å². The van der Waals surface area contributed by atoms with Gasteiger partial charge in [-0.3, -0.25) is 4.98 Å². The van der Waals surface area contributed by atoms with E-state index in [2.05, 4.69) is 15.2 Å². The van der Waals surface area contributed by atoms with Crippen LogP contribution in [-0.4, -0.2) is 19.9 Å². The summed E-state index contributed by atoms with van der Waals surface area (Å²) in [5.74, 6) is 7.49. The molecule has 2 aromatic carbocycles. The summed E-state index contributed by atoms with van der Waals surface area (Å²) in [4.78, 5) is 4.46. The van der Waals surface area contributed by atoms with E-state index in [9.17, 15) is 0 Å². The second-order valence-corrected chi connectivity index (χ2v) is 6.79. The monoisotopic (exact) mass is 367 g/mol. The highest BCUT2D eigenvalue weighted by atomic mass is 35.5. The molecule has 0 aliphatic carbocycles. The summed E-state index contributed by atoms with van der Waals surface area (Å²) >= 11 is 7.77. The third kappa shape index (κ3) is 3.06. The van der Waals surface area contributed by atoms with Crippen LogP contribution in [0.1, 0.15) is 5.56 Å². The predicted octanol–water partition coefficient (Wildman–Crippen LogP) is 4.15. The fourth-order valence-electron chi connectivity index (χ4n) is 2.61. The third-order valence-electron chi connectivity index (χ3n) is 3.85. The fourth-order valence-corrected chi connectivity index (χ4v) is 3.67. The lowest BCUT2D eigenvalue weighted by molar-refractivity contribution is 0.849. The molecule has 0 saturated carbocycles. The van der Waals surface area contributed by atoms with Crippen molar-refractivity contribution in [3.05, 3.63) is 71.4 Å². The van der Waals surface area contributed by atoms with E-state index in [1.54, 1.807) is 6.20 Å². The van der Waals surface area contributed by atoms with Crippen LogP contribution in [0, 0.1) is 0 Å². The van der Waals surface area contributed by atoms with E-state index in [1.165, 1.54) is 16.4 Å². The van der Waals surface area contributed by atoms with Crippen LogP contribution >= 0.6 is 23.4 Å². The molecule has 2 heterocycles. The van der Waals surface area contributed by atoms with Crippen LogP contribution in [0.4, 0.5) is 0 Å². The summed E-state index contributed by atoms with van der Waals surface area (Å²) in [5, 5.41) is 10.7. The van der Waals surface area contributed by atoms with Gasteiger partial charge in [0.25, 0.3) is 0 Å². The maximum atomic E-state index is 6.25. The van der Waals surface area contributed by atoms with E-state index in [0.717, 1.165) is 22.0 Å². The van der Waals surface area contributed by atoms with Gasteiger partial charge in [-0.05, 0) is 23.8 Å². The largest absolute Gasteiger partial charge is 0.335 e. The molecular formula is C18H14ClN5S. The summed E-state index contributed by atoms with van der Waals surface area (Å²) in [5.41, 5.74) is 2.91. The Kier molecular flexibility index (Phi) is 4.29. The molecule has 7 heteroatoms. The fraction of sp³-hybridized carbons (Fsp3) is 0.0556. The highest BCUT2D eigenvalue weighted by Gasteiger charge is 2.13. The number of thioether (sulfide) groups is 1. The van der Waals surface area contributed by atoms with Crippen molar-refractivity contribution in [3.8, 4) is 11.4 Å². The Balaban J connectivity index is 1.61. The van der Waals surface area contributed by atoms with Crippen molar-refractivity contribution in [3.63, 3.8) is 0 Å². The van der Waals surface area contributed by atoms with Gasteiger partial charge in [-0.25, -0.2) is 4.68 Å². The van der Waals surface area contributed by atoms with Crippen molar-refractivity contribution in [2.45, 2.75) is 10.9 Å². The number of nitrogens with two attached hydrogens (primary N) is 1. The van der Waals surface area contributed by atoms with Crippen LogP contribution in [0.2, 0.25) is 5.02 Å². The number of rotatable bonds is 4. The van der Waals surface area contributed by atoms with Gasteiger partial charge in [0.05, 0.1) is 5.52 Å². The molecular weight excluding hydrogens is 354 g/mol. The summed E-state index contributed by atoms with van der Waals surface area (Å²) in [7, 11) is 0. The van der Waals surface area contributed by atoms with E-state index < -0.39 is 0 Å². The third-order valence-corrected chi connectivity index (χ3v) is 5.17. The summed E-state index contributed by atoms with van der Waals surface area (Å²) in [6, 6.07) is 17.5. The standard InChI is InChI=1S/C18H14ClN5S/c19-15-9-8-13(16-14(15)7-4-10-21-16)11-25-18-23-22-17(24(18)20)12-5-2-1-3-6-12/h1-10H,11,20H2. The Morgan fingerprint density at radius 2 is 1.84 bits per heavy atom. The molecule has 124 valence electrons. The van der Waals surface area contributed by atoms with Crippen LogP contribution in [0.5, 0.6) is 0 Å². The number of nitrogen functional groups attached to an aromatic ring is 1. The van der Waals surface area contributed by atoms with Gasteiger partial charge in [0.15, 0.2) is 5.82 Å². The molecule has 2 aromatic heterocycles. The number of fused-ring (bicyclic) bond motifs is 1. The van der Waals surface area contributed by atoms with Gasteiger partial charge in [0, 0.05) is 27.9 Å². The second-order valence-electron chi connectivity index (χ2n) is 5.44. The van der Waals surface area contributed by atoms with Crippen molar-refractivity contribution in [2.24, 2.45) is 0 Å². The number of nitrogens with zero attached hydrogens (tertiary/aromatic N) is 4. The number of halogens is 1. The lowest BCUT2D eigenvalue weighted by Crippen LogP contribution is -2.11. The molecule has 0 atom stereocenters. The SMILES string of the molecule is Nn1c(SCc2ccc(Cl)c3cccnc23)nnc1-c1ccccc1. The zero-order chi connectivity index (χ0) is 17.2. The molecule has 5 nitrogen and oxygen atoms in total. The van der Waals surface area contributed by atoms with Crippen LogP contribution in [0.3, 0.4) is 0 Å². The first-order valence-corrected chi connectivity index (χ1v) is 9.01. The van der Waals surface area contributed by atoms with E-state index >= 15 is 0 Å². The summed E-state index contributed by atoms with van der Waals surface area (Å²) in [6.45, 7) is 0. The first-order chi connectivity index (χ1) is 12.2. The molecule has 4 rings (SSSR count). The zero-order valence-corrected chi connectivity index (χ0v) is 14.7. The van der Waals surface area contributed by atoms with Crippen LogP contribution < -0.4 is 5.84 Å². The van der Waals surface area contributed by atoms with E-state index in [0.29, 0.717) is 21.8 Å². The Labute approximate surface area is 153 Å². The molecule has 0 saturated heterocycles. The van der Waals surface area contributed by atoms with Crippen LogP contribution in [0.25, 0.3) is 22.3 Å². The van der Waals surface area contributed by atoms with Gasteiger partial charge in [0.1, 0.15) is 0 Å². The average molecular weight is 368 g/mol. The first kappa shape index (κ1) is 15.9. The normalized spacial score (nSPS) is 11.1. The summed E-state index contributed by atoms with van der Waals surface area (Å²) < 4.78 is 1.52. The Morgan fingerprint density at radius 1 is 1.00 bits per heavy atom. The minimum absolute atomic E-state index is 0.641. The average Bonchev–Trinajstić information content (AvgIpc) is 3.03. The topological polar surface area (TPSA) is 69.6 Å². The summed E-state index contributed by atoms with van der Waals surface area (Å²) in [6.07, 6.45) is 1.77. The van der Waals surface area contributed by atoms with Crippen LogP contribution in [-0.2, 0) is 5.75 Å². The number of pyridine rings is 1. The predicted molar refractivity (Wildman–Crippen MR) is 102 cm³/mol. The Hall–Kier alpha value is -2.57. The lowest BCUT2D eigenvalue weighted by atomic mass is 10.1. The minimum Gasteiger partial charge on any atom is -0.335 e. The maximum Gasteiger partial charge on any atom is 0.210 e. The molecule has 0 spiro atoms. The van der Waals surface area contributed by atoms with Crippen molar-refractivity contribution < 1.29 is 0 Å². The molecule has 0 aliphatic rings. The Bertz CT molecular complexity index is 1030. The molecule has 25 heavy (non-hydrogen) atoms. The molecule has 4 aromatic rings. The van der Waals surface area contributed by atoms with E-state index in [1.807, 2.05) is 54.6 Å². The van der Waals surface area contributed by atoms with E-state index in [4.69, 9.17) is 17.4 Å². The molecule has 0 unspecified atom stereocenters. The van der Waals surface area contributed by atoms with Crippen molar-refractivity contribution in [1.82, 2.24) is 19.9 Å². The molecule has 0 fully saturated rings. The molecule has 0 amide bonds. The van der Waals surface area contributed by atoms with Gasteiger partial charge >= 0.3 is 0 Å². The van der Waals surface area contributed by atoms with Gasteiger partial charge in [-0.2, -0.15) is 0 Å². The molecule has 0 bridgehead atoms. The highest BCUT2D eigenvalue weighted by Crippen LogP contribution is 2.30. The highest BCUT2D eigenvalue weighted by molar-refractivity contribution is 7.98. The number of hydrogen-bond acceptors (Lipinski definition) is 5. The number of hydrogen-bond donors (Lipinski definition) is 1. The lowest BCUT2D eigenvalue weighted by Gasteiger charge is -2.07. The smallest absolute Gasteiger partial charge is 0.210 e. The van der Waals surface area contributed by atoms with Crippen molar-refractivity contribution in [1.29, 1.82) is 0 Å².